The Balaban J connectivity index is 2.45. The molecule has 1 fully saturated rings. The van der Waals surface area contributed by atoms with Gasteiger partial charge in [-0.3, -0.25) is 0 Å². The second-order valence-corrected chi connectivity index (χ2v) is 8.77. The maximum absolute atomic E-state index is 12.4. The fourth-order valence-corrected chi connectivity index (χ4v) is 4.85. The Morgan fingerprint density at radius 2 is 2.14 bits per heavy atom. The molecule has 0 aromatic carbocycles. The first kappa shape index (κ1) is 19.2. The molecule has 1 aliphatic heterocycles. The summed E-state index contributed by atoms with van der Waals surface area (Å²) >= 11 is 1.76. The summed E-state index contributed by atoms with van der Waals surface area (Å²) in [5.41, 5.74) is 0. The molecule has 0 spiro atoms. The van der Waals surface area contributed by atoms with Gasteiger partial charge in [-0.2, -0.15) is 29.2 Å². The van der Waals surface area contributed by atoms with E-state index in [0.29, 0.717) is 19.0 Å². The number of thioether (sulfide) groups is 1. The van der Waals surface area contributed by atoms with Gasteiger partial charge in [-0.1, -0.05) is 13.8 Å². The molecule has 1 heterocycles. The third kappa shape index (κ3) is 7.32. The molecule has 21 heavy (non-hydrogen) atoms. The van der Waals surface area contributed by atoms with Crippen LogP contribution in [0.4, 0.5) is 0 Å². The lowest BCUT2D eigenvalue weighted by Gasteiger charge is -2.32. The van der Waals surface area contributed by atoms with Crippen LogP contribution in [0.15, 0.2) is 0 Å². The number of hydrogen-bond donors (Lipinski definition) is 2. The van der Waals surface area contributed by atoms with Crippen LogP contribution in [0.25, 0.3) is 0 Å². The van der Waals surface area contributed by atoms with Gasteiger partial charge in [0.2, 0.25) is 0 Å². The maximum Gasteiger partial charge on any atom is 0.279 e. The largest absolute Gasteiger partial charge is 0.316 e. The highest BCUT2D eigenvalue weighted by Gasteiger charge is 2.29. The first-order valence-corrected chi connectivity index (χ1v) is 10.6. The van der Waals surface area contributed by atoms with E-state index < -0.39 is 10.2 Å². The van der Waals surface area contributed by atoms with Crippen molar-refractivity contribution in [1.29, 1.82) is 0 Å². The fourth-order valence-electron chi connectivity index (χ4n) is 2.55. The smallest absolute Gasteiger partial charge is 0.279 e. The third-order valence-corrected chi connectivity index (χ3v) is 6.46. The first-order valence-electron chi connectivity index (χ1n) is 8.05. The second-order valence-electron chi connectivity index (χ2n) is 5.75. The van der Waals surface area contributed by atoms with E-state index in [0.717, 1.165) is 43.9 Å². The Labute approximate surface area is 134 Å². The predicted octanol–water partition coefficient (Wildman–Crippen LogP) is 1.67. The average molecular weight is 338 g/mol. The van der Waals surface area contributed by atoms with Crippen molar-refractivity contribution in [3.05, 3.63) is 0 Å². The molecule has 0 bridgehead atoms. The second kappa shape index (κ2) is 10.0. The van der Waals surface area contributed by atoms with Crippen LogP contribution in [0, 0.1) is 5.92 Å². The first-order chi connectivity index (χ1) is 9.99. The van der Waals surface area contributed by atoms with E-state index in [9.17, 15) is 8.42 Å². The highest BCUT2D eigenvalue weighted by atomic mass is 32.2. The number of piperidine rings is 1. The Morgan fingerprint density at radius 3 is 2.81 bits per heavy atom. The van der Waals surface area contributed by atoms with Gasteiger partial charge in [0.25, 0.3) is 10.2 Å². The van der Waals surface area contributed by atoms with E-state index in [1.165, 1.54) is 0 Å². The topological polar surface area (TPSA) is 61.4 Å². The molecular formula is C14H31N3O2S2. The lowest BCUT2D eigenvalue weighted by atomic mass is 10.00. The number of nitrogens with zero attached hydrogens (tertiary/aromatic N) is 1. The van der Waals surface area contributed by atoms with Crippen molar-refractivity contribution in [3.8, 4) is 0 Å². The normalized spacial score (nSPS) is 22.3. The minimum Gasteiger partial charge on any atom is -0.316 e. The molecule has 0 saturated carbocycles. The standard InChI is InChI=1S/C14H31N3O2S2/c1-4-8-15-10-14-7-6-9-17(11-14)21(18,19)16-13(3)12-20-5-2/h13-16H,4-12H2,1-3H3. The predicted molar refractivity (Wildman–Crippen MR) is 92.0 cm³/mol. The molecule has 2 N–H and O–H groups in total. The number of hydrogen-bond acceptors (Lipinski definition) is 4. The van der Waals surface area contributed by atoms with Crippen LogP contribution >= 0.6 is 11.8 Å². The van der Waals surface area contributed by atoms with Crippen molar-refractivity contribution in [1.82, 2.24) is 14.3 Å². The van der Waals surface area contributed by atoms with Crippen molar-refractivity contribution >= 4 is 22.0 Å². The van der Waals surface area contributed by atoms with Crippen LogP contribution in [0.3, 0.4) is 0 Å². The zero-order valence-electron chi connectivity index (χ0n) is 13.6. The summed E-state index contributed by atoms with van der Waals surface area (Å²) in [5.74, 6) is 2.27. The average Bonchev–Trinajstić information content (AvgIpc) is 2.45. The van der Waals surface area contributed by atoms with Crippen LogP contribution in [0.5, 0.6) is 0 Å². The molecule has 2 atom stereocenters. The minimum absolute atomic E-state index is 0.0152. The molecule has 2 unspecified atom stereocenters. The molecular weight excluding hydrogens is 306 g/mol. The van der Waals surface area contributed by atoms with Gasteiger partial charge in [-0.25, -0.2) is 0 Å². The number of nitrogens with one attached hydrogen (secondary N) is 2. The fraction of sp³-hybridized carbons (Fsp3) is 1.00. The molecule has 1 aliphatic rings. The Hall–Kier alpha value is 0.180. The lowest BCUT2D eigenvalue weighted by Crippen LogP contribution is -2.50. The molecule has 1 rings (SSSR count). The molecule has 126 valence electrons. The Bertz CT molecular complexity index is 376. The Morgan fingerprint density at radius 1 is 1.38 bits per heavy atom. The van der Waals surface area contributed by atoms with Crippen LogP contribution in [-0.4, -0.2) is 56.4 Å². The summed E-state index contributed by atoms with van der Waals surface area (Å²) in [5, 5.41) is 3.40. The molecule has 0 aromatic rings. The molecule has 0 aromatic heterocycles. The summed E-state index contributed by atoms with van der Waals surface area (Å²) < 4.78 is 29.3. The van der Waals surface area contributed by atoms with Gasteiger partial charge in [0.15, 0.2) is 0 Å². The molecule has 0 radical (unpaired) electrons. The molecule has 1 saturated heterocycles. The number of rotatable bonds is 10. The van der Waals surface area contributed by atoms with Gasteiger partial charge in [0.05, 0.1) is 0 Å². The summed E-state index contributed by atoms with van der Waals surface area (Å²) in [6.45, 7) is 9.37. The molecule has 7 heteroatoms. The summed E-state index contributed by atoms with van der Waals surface area (Å²) in [4.78, 5) is 0. The van der Waals surface area contributed by atoms with Crippen molar-refractivity contribution in [2.24, 2.45) is 5.92 Å². The lowest BCUT2D eigenvalue weighted by molar-refractivity contribution is 0.257. The molecule has 0 aliphatic carbocycles. The van der Waals surface area contributed by atoms with Crippen LogP contribution in [-0.2, 0) is 10.2 Å². The van der Waals surface area contributed by atoms with Crippen LogP contribution in [0.1, 0.15) is 40.0 Å². The minimum atomic E-state index is -3.33. The SMILES string of the molecule is CCCNCC1CCCN(S(=O)(=O)NC(C)CSCC)C1. The summed E-state index contributed by atoms with van der Waals surface area (Å²) in [6, 6.07) is -0.0152. The van der Waals surface area contributed by atoms with Gasteiger partial charge < -0.3 is 5.32 Å². The van der Waals surface area contributed by atoms with Gasteiger partial charge in [0, 0.05) is 24.9 Å². The Kier molecular flexibility index (Phi) is 9.20. The quantitative estimate of drug-likeness (QED) is 0.595. The van der Waals surface area contributed by atoms with E-state index in [4.69, 9.17) is 0 Å². The monoisotopic (exact) mass is 337 g/mol. The summed E-state index contributed by atoms with van der Waals surface area (Å²) in [7, 11) is -3.33. The maximum atomic E-state index is 12.4. The zero-order chi connectivity index (χ0) is 15.7. The van der Waals surface area contributed by atoms with Gasteiger partial charge in [-0.05, 0) is 50.9 Å². The van der Waals surface area contributed by atoms with Gasteiger partial charge >= 0.3 is 0 Å². The van der Waals surface area contributed by atoms with E-state index >= 15 is 0 Å². The highest BCUT2D eigenvalue weighted by Crippen LogP contribution is 2.18. The third-order valence-electron chi connectivity index (χ3n) is 3.60. The van der Waals surface area contributed by atoms with Crippen LogP contribution in [0.2, 0.25) is 0 Å². The molecule has 5 nitrogen and oxygen atoms in total. The van der Waals surface area contributed by atoms with E-state index in [-0.39, 0.29) is 6.04 Å². The summed E-state index contributed by atoms with van der Waals surface area (Å²) in [6.07, 6.45) is 3.18. The van der Waals surface area contributed by atoms with Crippen molar-refractivity contribution in [2.75, 3.05) is 37.7 Å². The van der Waals surface area contributed by atoms with Gasteiger partial charge in [0.1, 0.15) is 0 Å². The van der Waals surface area contributed by atoms with Crippen molar-refractivity contribution < 1.29 is 8.42 Å². The zero-order valence-corrected chi connectivity index (χ0v) is 15.2. The van der Waals surface area contributed by atoms with E-state index in [1.54, 1.807) is 16.1 Å². The van der Waals surface area contributed by atoms with E-state index in [1.807, 2.05) is 6.92 Å². The highest BCUT2D eigenvalue weighted by molar-refractivity contribution is 7.99. The van der Waals surface area contributed by atoms with E-state index in [2.05, 4.69) is 23.9 Å². The van der Waals surface area contributed by atoms with Crippen molar-refractivity contribution in [3.63, 3.8) is 0 Å². The van der Waals surface area contributed by atoms with Gasteiger partial charge in [-0.15, -0.1) is 0 Å². The molecule has 0 amide bonds. The van der Waals surface area contributed by atoms with Crippen LogP contribution < -0.4 is 10.0 Å². The van der Waals surface area contributed by atoms with Crippen molar-refractivity contribution in [2.45, 2.75) is 46.1 Å².